The summed E-state index contributed by atoms with van der Waals surface area (Å²) in [5.41, 5.74) is 2.27. The predicted octanol–water partition coefficient (Wildman–Crippen LogP) is 2.94. The molecule has 0 atom stereocenters. The standard InChI is InChI=1S/C21H19N7O2/c29-21(16-11-23-18-6-2-1-5-15(16)18)22-7-8-28-20-17(12-27-28)19(25-13-26-20)24-10-14-4-3-9-30-14/h1-6,9,11-13,23H,7-8,10H2,(H,22,29)(H,24,25,26). The molecule has 1 amide bonds. The molecule has 4 aromatic heterocycles. The molecule has 0 saturated heterocycles. The van der Waals surface area contributed by atoms with Crippen LogP contribution in [0.1, 0.15) is 16.1 Å². The number of aromatic amines is 1. The molecule has 9 heteroatoms. The molecule has 30 heavy (non-hydrogen) atoms. The monoisotopic (exact) mass is 401 g/mol. The number of furan rings is 1. The van der Waals surface area contributed by atoms with E-state index in [9.17, 15) is 4.79 Å². The van der Waals surface area contributed by atoms with Crippen molar-refractivity contribution in [2.45, 2.75) is 13.1 Å². The Kier molecular flexibility index (Phi) is 4.60. The van der Waals surface area contributed by atoms with Crippen LogP contribution >= 0.6 is 0 Å². The van der Waals surface area contributed by atoms with Crippen LogP contribution in [-0.2, 0) is 13.1 Å². The molecule has 4 heterocycles. The fourth-order valence-corrected chi connectivity index (χ4v) is 3.41. The van der Waals surface area contributed by atoms with Crippen LogP contribution in [0.15, 0.2) is 65.8 Å². The Bertz CT molecular complexity index is 1300. The van der Waals surface area contributed by atoms with Gasteiger partial charge in [-0.25, -0.2) is 14.6 Å². The number of carbonyl (C=O) groups excluding carboxylic acids is 1. The maximum absolute atomic E-state index is 12.6. The number of fused-ring (bicyclic) bond motifs is 2. The first-order valence-corrected chi connectivity index (χ1v) is 9.56. The highest BCUT2D eigenvalue weighted by Crippen LogP contribution is 2.20. The van der Waals surface area contributed by atoms with Gasteiger partial charge in [-0.05, 0) is 18.2 Å². The molecule has 0 fully saturated rings. The summed E-state index contributed by atoms with van der Waals surface area (Å²) in [5, 5.41) is 12.3. The highest BCUT2D eigenvalue weighted by Gasteiger charge is 2.13. The summed E-state index contributed by atoms with van der Waals surface area (Å²) in [4.78, 5) is 24.3. The number of nitrogens with one attached hydrogen (secondary N) is 3. The van der Waals surface area contributed by atoms with Crippen molar-refractivity contribution in [3.8, 4) is 0 Å². The van der Waals surface area contributed by atoms with Gasteiger partial charge in [0.1, 0.15) is 17.9 Å². The number of carbonyl (C=O) groups is 1. The highest BCUT2D eigenvalue weighted by molar-refractivity contribution is 6.06. The van der Waals surface area contributed by atoms with Gasteiger partial charge < -0.3 is 20.0 Å². The van der Waals surface area contributed by atoms with Crippen molar-refractivity contribution in [3.05, 3.63) is 72.7 Å². The molecule has 0 aliphatic rings. The van der Waals surface area contributed by atoms with Gasteiger partial charge in [-0.15, -0.1) is 0 Å². The van der Waals surface area contributed by atoms with Gasteiger partial charge in [0.25, 0.3) is 5.91 Å². The average molecular weight is 401 g/mol. The summed E-state index contributed by atoms with van der Waals surface area (Å²) in [7, 11) is 0. The largest absolute Gasteiger partial charge is 0.467 e. The first kappa shape index (κ1) is 17.9. The molecule has 0 unspecified atom stereocenters. The smallest absolute Gasteiger partial charge is 0.253 e. The molecule has 0 bridgehead atoms. The lowest BCUT2D eigenvalue weighted by atomic mass is 10.1. The second-order valence-electron chi connectivity index (χ2n) is 6.76. The zero-order valence-electron chi connectivity index (χ0n) is 16.0. The summed E-state index contributed by atoms with van der Waals surface area (Å²) in [5.74, 6) is 1.37. The van der Waals surface area contributed by atoms with E-state index in [1.807, 2.05) is 36.4 Å². The van der Waals surface area contributed by atoms with E-state index in [1.54, 1.807) is 23.3 Å². The van der Waals surface area contributed by atoms with E-state index in [1.165, 1.54) is 6.33 Å². The fraction of sp³-hybridized carbons (Fsp3) is 0.143. The third-order valence-corrected chi connectivity index (χ3v) is 4.89. The Balaban J connectivity index is 1.25. The van der Waals surface area contributed by atoms with Gasteiger partial charge in [0.2, 0.25) is 0 Å². The number of amides is 1. The first-order chi connectivity index (χ1) is 14.8. The number of para-hydroxylation sites is 1. The van der Waals surface area contributed by atoms with Crippen molar-refractivity contribution < 1.29 is 9.21 Å². The molecule has 150 valence electrons. The van der Waals surface area contributed by atoms with Gasteiger partial charge >= 0.3 is 0 Å². The van der Waals surface area contributed by atoms with E-state index in [0.29, 0.717) is 36.7 Å². The van der Waals surface area contributed by atoms with E-state index in [4.69, 9.17) is 4.42 Å². The van der Waals surface area contributed by atoms with Gasteiger partial charge in [0.15, 0.2) is 5.65 Å². The number of hydrogen-bond acceptors (Lipinski definition) is 6. The zero-order valence-corrected chi connectivity index (χ0v) is 16.0. The number of nitrogens with zero attached hydrogens (tertiary/aromatic N) is 4. The van der Waals surface area contributed by atoms with Crippen LogP contribution in [0.25, 0.3) is 21.9 Å². The summed E-state index contributed by atoms with van der Waals surface area (Å²) in [6, 6.07) is 11.5. The number of aromatic nitrogens is 5. The highest BCUT2D eigenvalue weighted by atomic mass is 16.3. The lowest BCUT2D eigenvalue weighted by Crippen LogP contribution is -2.27. The molecule has 3 N–H and O–H groups in total. The van der Waals surface area contributed by atoms with Crippen LogP contribution in [0, 0.1) is 0 Å². The Hall–Kier alpha value is -4.14. The predicted molar refractivity (Wildman–Crippen MR) is 112 cm³/mol. The molecule has 5 rings (SSSR count). The minimum atomic E-state index is -0.126. The molecule has 0 saturated carbocycles. The van der Waals surface area contributed by atoms with Crippen molar-refractivity contribution in [1.29, 1.82) is 0 Å². The lowest BCUT2D eigenvalue weighted by Gasteiger charge is -2.07. The van der Waals surface area contributed by atoms with Gasteiger partial charge in [-0.3, -0.25) is 4.79 Å². The Morgan fingerprint density at radius 1 is 1.13 bits per heavy atom. The Morgan fingerprint density at radius 3 is 2.97 bits per heavy atom. The summed E-state index contributed by atoms with van der Waals surface area (Å²) in [6.45, 7) is 1.44. The number of H-pyrrole nitrogens is 1. The maximum atomic E-state index is 12.6. The number of rotatable bonds is 7. The molecule has 9 nitrogen and oxygen atoms in total. The van der Waals surface area contributed by atoms with E-state index >= 15 is 0 Å². The van der Waals surface area contributed by atoms with Crippen LogP contribution in [0.5, 0.6) is 0 Å². The van der Waals surface area contributed by atoms with Crippen molar-refractivity contribution in [2.24, 2.45) is 0 Å². The van der Waals surface area contributed by atoms with Crippen LogP contribution < -0.4 is 10.6 Å². The van der Waals surface area contributed by atoms with Crippen LogP contribution in [0.3, 0.4) is 0 Å². The molecule has 0 aliphatic heterocycles. The van der Waals surface area contributed by atoms with Gasteiger partial charge in [-0.1, -0.05) is 18.2 Å². The summed E-state index contributed by atoms with van der Waals surface area (Å²) >= 11 is 0. The fourth-order valence-electron chi connectivity index (χ4n) is 3.41. The third-order valence-electron chi connectivity index (χ3n) is 4.89. The van der Waals surface area contributed by atoms with Crippen LogP contribution in [-0.4, -0.2) is 37.2 Å². The second-order valence-corrected chi connectivity index (χ2v) is 6.76. The second kappa shape index (κ2) is 7.70. The van der Waals surface area contributed by atoms with Crippen molar-refractivity contribution >= 4 is 33.7 Å². The third kappa shape index (κ3) is 3.37. The number of hydrogen-bond donors (Lipinski definition) is 3. The molecular weight excluding hydrogens is 382 g/mol. The number of anilines is 1. The minimum absolute atomic E-state index is 0.126. The molecule has 0 radical (unpaired) electrons. The summed E-state index contributed by atoms with van der Waals surface area (Å²) in [6.07, 6.45) is 6.58. The first-order valence-electron chi connectivity index (χ1n) is 9.56. The summed E-state index contributed by atoms with van der Waals surface area (Å²) < 4.78 is 7.09. The van der Waals surface area contributed by atoms with E-state index in [2.05, 4.69) is 30.7 Å². The molecule has 0 spiro atoms. The van der Waals surface area contributed by atoms with E-state index in [-0.39, 0.29) is 5.91 Å². The van der Waals surface area contributed by atoms with Crippen LogP contribution in [0.4, 0.5) is 5.82 Å². The Labute approximate surface area is 171 Å². The molecule has 0 aliphatic carbocycles. The normalized spacial score (nSPS) is 11.2. The van der Waals surface area contributed by atoms with Crippen LogP contribution in [0.2, 0.25) is 0 Å². The Morgan fingerprint density at radius 2 is 2.07 bits per heavy atom. The van der Waals surface area contributed by atoms with Gasteiger partial charge in [0.05, 0.1) is 36.5 Å². The van der Waals surface area contributed by atoms with Gasteiger partial charge in [-0.2, -0.15) is 5.10 Å². The molecule has 5 aromatic rings. The van der Waals surface area contributed by atoms with Crippen molar-refractivity contribution in [2.75, 3.05) is 11.9 Å². The zero-order chi connectivity index (χ0) is 20.3. The SMILES string of the molecule is O=C(NCCn1ncc2c(NCc3ccco3)ncnc21)c1c[nH]c2ccccc12. The topological polar surface area (TPSA) is 114 Å². The minimum Gasteiger partial charge on any atom is -0.467 e. The van der Waals surface area contributed by atoms with E-state index < -0.39 is 0 Å². The van der Waals surface area contributed by atoms with Crippen molar-refractivity contribution in [3.63, 3.8) is 0 Å². The van der Waals surface area contributed by atoms with Gasteiger partial charge in [0, 0.05) is 23.6 Å². The van der Waals surface area contributed by atoms with Crippen molar-refractivity contribution in [1.82, 2.24) is 30.0 Å². The quantitative estimate of drug-likeness (QED) is 0.386. The lowest BCUT2D eigenvalue weighted by molar-refractivity contribution is 0.0953. The van der Waals surface area contributed by atoms with E-state index in [0.717, 1.165) is 22.0 Å². The number of benzene rings is 1. The average Bonchev–Trinajstić information content (AvgIpc) is 3.52. The molecular formula is C21H19N7O2. The molecule has 1 aromatic carbocycles. The maximum Gasteiger partial charge on any atom is 0.253 e.